The van der Waals surface area contributed by atoms with Crippen LogP contribution in [0.2, 0.25) is 0 Å². The third-order valence-corrected chi connectivity index (χ3v) is 4.26. The van der Waals surface area contributed by atoms with Crippen molar-refractivity contribution < 1.29 is 4.52 Å². The minimum atomic E-state index is -0.208. The molecule has 4 nitrogen and oxygen atoms in total. The second-order valence-corrected chi connectivity index (χ2v) is 5.54. The standard InChI is InChI=1S/C14H18BrN3O/c1-3-14(4-2,9-16)13-17-12(18-19-13)10-5-7-11(15)8-6-10/h5-8H,3-4,9,16H2,1-2H3. The lowest BCUT2D eigenvalue weighted by atomic mass is 9.82. The third-order valence-electron chi connectivity index (χ3n) is 3.73. The molecule has 5 heteroatoms. The number of hydrogen-bond donors (Lipinski definition) is 1. The van der Waals surface area contributed by atoms with Crippen molar-refractivity contribution in [1.29, 1.82) is 0 Å². The average molecular weight is 324 g/mol. The smallest absolute Gasteiger partial charge is 0.234 e. The van der Waals surface area contributed by atoms with Gasteiger partial charge in [-0.25, -0.2) is 0 Å². The lowest BCUT2D eigenvalue weighted by Gasteiger charge is -2.24. The van der Waals surface area contributed by atoms with Crippen molar-refractivity contribution in [1.82, 2.24) is 10.1 Å². The summed E-state index contributed by atoms with van der Waals surface area (Å²) in [6, 6.07) is 7.84. The molecule has 0 radical (unpaired) electrons. The van der Waals surface area contributed by atoms with Crippen molar-refractivity contribution in [3.63, 3.8) is 0 Å². The van der Waals surface area contributed by atoms with Gasteiger partial charge in [0.2, 0.25) is 11.7 Å². The van der Waals surface area contributed by atoms with E-state index in [4.69, 9.17) is 10.3 Å². The first kappa shape index (κ1) is 14.2. The summed E-state index contributed by atoms with van der Waals surface area (Å²) in [6.45, 7) is 4.71. The predicted molar refractivity (Wildman–Crippen MR) is 78.7 cm³/mol. The first-order chi connectivity index (χ1) is 9.15. The molecule has 1 aromatic carbocycles. The highest BCUT2D eigenvalue weighted by atomic mass is 79.9. The Balaban J connectivity index is 2.35. The van der Waals surface area contributed by atoms with Gasteiger partial charge in [0.1, 0.15) is 0 Å². The monoisotopic (exact) mass is 323 g/mol. The fourth-order valence-corrected chi connectivity index (χ4v) is 2.35. The molecule has 1 heterocycles. The van der Waals surface area contributed by atoms with Crippen molar-refractivity contribution in [2.45, 2.75) is 32.1 Å². The summed E-state index contributed by atoms with van der Waals surface area (Å²) in [5, 5.41) is 4.07. The molecular weight excluding hydrogens is 306 g/mol. The normalized spacial score (nSPS) is 11.8. The largest absolute Gasteiger partial charge is 0.338 e. The maximum absolute atomic E-state index is 5.89. The Labute approximate surface area is 121 Å². The molecule has 2 rings (SSSR count). The molecule has 102 valence electrons. The summed E-state index contributed by atoms with van der Waals surface area (Å²) >= 11 is 3.41. The molecule has 1 aromatic heterocycles. The SMILES string of the molecule is CCC(CC)(CN)c1nc(-c2ccc(Br)cc2)no1. The fraction of sp³-hybridized carbons (Fsp3) is 0.429. The Kier molecular flexibility index (Phi) is 4.37. The number of aromatic nitrogens is 2. The highest BCUT2D eigenvalue weighted by molar-refractivity contribution is 9.10. The molecule has 0 aliphatic heterocycles. The summed E-state index contributed by atoms with van der Waals surface area (Å²) in [4.78, 5) is 4.52. The maximum atomic E-state index is 5.89. The summed E-state index contributed by atoms with van der Waals surface area (Å²) < 4.78 is 6.46. The molecule has 0 aliphatic carbocycles. The number of halogens is 1. The predicted octanol–water partition coefficient (Wildman–Crippen LogP) is 3.52. The number of nitrogens with zero attached hydrogens (tertiary/aromatic N) is 2. The van der Waals surface area contributed by atoms with Crippen LogP contribution in [0.25, 0.3) is 11.4 Å². The Hall–Kier alpha value is -1.20. The van der Waals surface area contributed by atoms with Crippen LogP contribution in [0, 0.1) is 0 Å². The Morgan fingerprint density at radius 2 is 1.84 bits per heavy atom. The van der Waals surface area contributed by atoms with E-state index < -0.39 is 0 Å². The van der Waals surface area contributed by atoms with Gasteiger partial charge < -0.3 is 10.3 Å². The zero-order valence-electron chi connectivity index (χ0n) is 11.2. The van der Waals surface area contributed by atoms with Crippen LogP contribution in [0.3, 0.4) is 0 Å². The first-order valence-corrected chi connectivity index (χ1v) is 7.24. The molecule has 0 bridgehead atoms. The Bertz CT molecular complexity index is 524. The van der Waals surface area contributed by atoms with E-state index >= 15 is 0 Å². The Morgan fingerprint density at radius 1 is 1.21 bits per heavy atom. The van der Waals surface area contributed by atoms with E-state index in [1.165, 1.54) is 0 Å². The van der Waals surface area contributed by atoms with Crippen molar-refractivity contribution in [2.24, 2.45) is 5.73 Å². The number of benzene rings is 1. The molecule has 2 aromatic rings. The van der Waals surface area contributed by atoms with Crippen LogP contribution in [0.4, 0.5) is 0 Å². The summed E-state index contributed by atoms with van der Waals surface area (Å²) in [5.74, 6) is 1.25. The summed E-state index contributed by atoms with van der Waals surface area (Å²) in [6.07, 6.45) is 1.78. The minimum absolute atomic E-state index is 0.208. The molecule has 2 N–H and O–H groups in total. The average Bonchev–Trinajstić information content (AvgIpc) is 2.93. The molecule has 0 aliphatic rings. The lowest BCUT2D eigenvalue weighted by molar-refractivity contribution is 0.267. The third kappa shape index (κ3) is 2.72. The highest BCUT2D eigenvalue weighted by Gasteiger charge is 2.33. The quantitative estimate of drug-likeness (QED) is 0.914. The fourth-order valence-electron chi connectivity index (χ4n) is 2.08. The van der Waals surface area contributed by atoms with Crippen LogP contribution in [0.5, 0.6) is 0 Å². The second-order valence-electron chi connectivity index (χ2n) is 4.62. The zero-order chi connectivity index (χ0) is 13.9. The number of hydrogen-bond acceptors (Lipinski definition) is 4. The van der Waals surface area contributed by atoms with Gasteiger partial charge in [-0.1, -0.05) is 34.9 Å². The zero-order valence-corrected chi connectivity index (χ0v) is 12.8. The minimum Gasteiger partial charge on any atom is -0.338 e. The van der Waals surface area contributed by atoms with Gasteiger partial charge in [0.05, 0.1) is 5.41 Å². The Morgan fingerprint density at radius 3 is 2.37 bits per heavy atom. The molecule has 0 spiro atoms. The van der Waals surface area contributed by atoms with Crippen LogP contribution in [-0.4, -0.2) is 16.7 Å². The molecule has 0 saturated carbocycles. The summed E-state index contributed by atoms with van der Waals surface area (Å²) in [5.41, 5.74) is 6.63. The van der Waals surface area contributed by atoms with Crippen LogP contribution in [0.1, 0.15) is 32.6 Å². The van der Waals surface area contributed by atoms with Crippen LogP contribution in [0.15, 0.2) is 33.3 Å². The molecule has 0 amide bonds. The van der Waals surface area contributed by atoms with Crippen molar-refractivity contribution >= 4 is 15.9 Å². The van der Waals surface area contributed by atoms with E-state index in [2.05, 4.69) is 39.9 Å². The van der Waals surface area contributed by atoms with Gasteiger partial charge in [-0.05, 0) is 37.1 Å². The van der Waals surface area contributed by atoms with Crippen LogP contribution >= 0.6 is 15.9 Å². The van der Waals surface area contributed by atoms with Crippen molar-refractivity contribution in [2.75, 3.05) is 6.54 Å². The van der Waals surface area contributed by atoms with E-state index in [1.54, 1.807) is 0 Å². The van der Waals surface area contributed by atoms with Crippen molar-refractivity contribution in [3.05, 3.63) is 34.6 Å². The van der Waals surface area contributed by atoms with E-state index in [0.29, 0.717) is 18.3 Å². The van der Waals surface area contributed by atoms with Gasteiger partial charge in [-0.15, -0.1) is 0 Å². The van der Waals surface area contributed by atoms with Gasteiger partial charge in [-0.3, -0.25) is 0 Å². The van der Waals surface area contributed by atoms with E-state index in [-0.39, 0.29) is 5.41 Å². The van der Waals surface area contributed by atoms with Crippen LogP contribution < -0.4 is 5.73 Å². The highest BCUT2D eigenvalue weighted by Crippen LogP contribution is 2.30. The lowest BCUT2D eigenvalue weighted by Crippen LogP contribution is -2.34. The molecule has 19 heavy (non-hydrogen) atoms. The van der Waals surface area contributed by atoms with Gasteiger partial charge in [0.15, 0.2) is 0 Å². The van der Waals surface area contributed by atoms with Gasteiger partial charge in [-0.2, -0.15) is 4.98 Å². The molecule has 0 fully saturated rings. The van der Waals surface area contributed by atoms with Crippen molar-refractivity contribution in [3.8, 4) is 11.4 Å². The van der Waals surface area contributed by atoms with Gasteiger partial charge in [0, 0.05) is 16.6 Å². The van der Waals surface area contributed by atoms with Gasteiger partial charge >= 0.3 is 0 Å². The number of nitrogens with two attached hydrogens (primary N) is 1. The van der Waals surface area contributed by atoms with E-state index in [0.717, 1.165) is 22.9 Å². The second kappa shape index (κ2) is 5.84. The number of rotatable bonds is 5. The van der Waals surface area contributed by atoms with Crippen LogP contribution in [-0.2, 0) is 5.41 Å². The molecule has 0 atom stereocenters. The summed E-state index contributed by atoms with van der Waals surface area (Å²) in [7, 11) is 0. The van der Waals surface area contributed by atoms with Gasteiger partial charge in [0.25, 0.3) is 0 Å². The maximum Gasteiger partial charge on any atom is 0.234 e. The topological polar surface area (TPSA) is 64.9 Å². The molecule has 0 saturated heterocycles. The van der Waals surface area contributed by atoms with E-state index in [9.17, 15) is 0 Å². The molecule has 0 unspecified atom stereocenters. The first-order valence-electron chi connectivity index (χ1n) is 6.45. The van der Waals surface area contributed by atoms with E-state index in [1.807, 2.05) is 24.3 Å². The molecular formula is C14H18BrN3O.